The zero-order valence-electron chi connectivity index (χ0n) is 14.2. The van der Waals surface area contributed by atoms with Crippen LogP contribution in [0.15, 0.2) is 70.8 Å². The molecule has 0 bridgehead atoms. The molecule has 130 valence electrons. The van der Waals surface area contributed by atoms with Crippen LogP contribution in [0.5, 0.6) is 5.75 Å². The Balaban J connectivity index is 1.85. The van der Waals surface area contributed by atoms with E-state index in [4.69, 9.17) is 9.72 Å². The summed E-state index contributed by atoms with van der Waals surface area (Å²) in [5.74, 6) is 1.34. The molecule has 0 aliphatic heterocycles. The molecule has 0 aliphatic carbocycles. The number of thiophene rings is 1. The Morgan fingerprint density at radius 3 is 2.62 bits per heavy atom. The van der Waals surface area contributed by atoms with Gasteiger partial charge >= 0.3 is 0 Å². The second-order valence-corrected chi connectivity index (χ2v) is 6.77. The van der Waals surface area contributed by atoms with E-state index in [2.05, 4.69) is 5.43 Å². The molecule has 0 fully saturated rings. The highest BCUT2D eigenvalue weighted by molar-refractivity contribution is 7.09. The summed E-state index contributed by atoms with van der Waals surface area (Å²) in [6.45, 7) is 0.556. The molecule has 4 aromatic rings. The van der Waals surface area contributed by atoms with Crippen LogP contribution in [0.3, 0.4) is 0 Å². The van der Waals surface area contributed by atoms with Crippen LogP contribution in [-0.4, -0.2) is 16.8 Å². The molecule has 0 saturated carbocycles. The Morgan fingerprint density at radius 2 is 1.88 bits per heavy atom. The molecule has 5 nitrogen and oxygen atoms in total. The Kier molecular flexibility index (Phi) is 4.41. The summed E-state index contributed by atoms with van der Waals surface area (Å²) < 4.78 is 6.75. The van der Waals surface area contributed by atoms with Crippen LogP contribution in [0.25, 0.3) is 22.3 Å². The zero-order valence-corrected chi connectivity index (χ0v) is 15.0. The van der Waals surface area contributed by atoms with Crippen molar-refractivity contribution in [1.29, 1.82) is 0 Å². The van der Waals surface area contributed by atoms with Crippen molar-refractivity contribution in [2.45, 2.75) is 6.54 Å². The lowest BCUT2D eigenvalue weighted by Gasteiger charge is -2.15. The van der Waals surface area contributed by atoms with Crippen molar-refractivity contribution in [3.63, 3.8) is 0 Å². The van der Waals surface area contributed by atoms with E-state index >= 15 is 0 Å². The lowest BCUT2D eigenvalue weighted by atomic mass is 10.2. The van der Waals surface area contributed by atoms with Gasteiger partial charge in [-0.15, -0.1) is 11.3 Å². The van der Waals surface area contributed by atoms with Crippen LogP contribution in [0.2, 0.25) is 0 Å². The number of nitrogens with one attached hydrogen (secondary N) is 1. The van der Waals surface area contributed by atoms with Crippen molar-refractivity contribution in [3.05, 3.63) is 81.3 Å². The molecule has 4 rings (SSSR count). The minimum atomic E-state index is -0.113. The number of hydrogen-bond acceptors (Lipinski definition) is 5. The highest BCUT2D eigenvalue weighted by Gasteiger charge is 2.13. The maximum atomic E-state index is 13.0. The van der Waals surface area contributed by atoms with Crippen molar-refractivity contribution in [2.24, 2.45) is 0 Å². The van der Waals surface area contributed by atoms with Gasteiger partial charge in [0.05, 0.1) is 24.6 Å². The van der Waals surface area contributed by atoms with E-state index in [0.717, 1.165) is 16.2 Å². The third kappa shape index (κ3) is 3.07. The zero-order chi connectivity index (χ0) is 17.9. The second kappa shape index (κ2) is 7.01. The molecule has 0 radical (unpaired) electrons. The Labute approximate surface area is 154 Å². The maximum absolute atomic E-state index is 13.0. The van der Waals surface area contributed by atoms with Crippen molar-refractivity contribution >= 4 is 22.2 Å². The fourth-order valence-corrected chi connectivity index (χ4v) is 3.42. The van der Waals surface area contributed by atoms with Crippen LogP contribution in [-0.2, 0) is 6.54 Å². The van der Waals surface area contributed by atoms with Gasteiger partial charge in [-0.05, 0) is 47.8 Å². The van der Waals surface area contributed by atoms with E-state index in [1.54, 1.807) is 24.5 Å². The molecule has 0 atom stereocenters. The van der Waals surface area contributed by atoms with Crippen molar-refractivity contribution < 1.29 is 4.74 Å². The Bertz CT molecular complexity index is 1090. The van der Waals surface area contributed by atoms with E-state index in [1.165, 1.54) is 4.68 Å². The first-order valence-corrected chi connectivity index (χ1v) is 9.07. The third-order valence-corrected chi connectivity index (χ3v) is 4.99. The molecule has 0 saturated heterocycles. The monoisotopic (exact) mass is 363 g/mol. The summed E-state index contributed by atoms with van der Waals surface area (Å²) in [5.41, 5.74) is 4.63. The number of nitrogens with zero attached hydrogens (tertiary/aromatic N) is 2. The van der Waals surface area contributed by atoms with Gasteiger partial charge in [0.25, 0.3) is 5.56 Å². The highest BCUT2D eigenvalue weighted by Crippen LogP contribution is 2.21. The fraction of sp³-hybridized carbons (Fsp3) is 0.100. The molecule has 6 heteroatoms. The van der Waals surface area contributed by atoms with Crippen molar-refractivity contribution in [2.75, 3.05) is 12.5 Å². The first kappa shape index (κ1) is 16.4. The molecular weight excluding hydrogens is 346 g/mol. The van der Waals surface area contributed by atoms with Gasteiger partial charge in [-0.2, -0.15) is 0 Å². The normalized spacial score (nSPS) is 10.8. The molecule has 26 heavy (non-hydrogen) atoms. The molecule has 0 unspecified atom stereocenters. The predicted octanol–water partition coefficient (Wildman–Crippen LogP) is 3.88. The fourth-order valence-electron chi connectivity index (χ4n) is 2.78. The first-order valence-electron chi connectivity index (χ1n) is 8.19. The van der Waals surface area contributed by atoms with Crippen LogP contribution >= 0.6 is 11.3 Å². The number of hydrogen-bond donors (Lipinski definition) is 1. The summed E-state index contributed by atoms with van der Waals surface area (Å²) in [6.07, 6.45) is 0. The van der Waals surface area contributed by atoms with Gasteiger partial charge in [-0.25, -0.2) is 9.66 Å². The number of ether oxygens (including phenoxy) is 1. The molecule has 2 heterocycles. The Morgan fingerprint density at radius 1 is 1.08 bits per heavy atom. The minimum Gasteiger partial charge on any atom is -0.497 e. The van der Waals surface area contributed by atoms with Crippen LogP contribution in [0.1, 0.15) is 4.88 Å². The van der Waals surface area contributed by atoms with Crippen molar-refractivity contribution in [1.82, 2.24) is 9.66 Å². The number of fused-ring (bicyclic) bond motifs is 1. The van der Waals surface area contributed by atoms with Gasteiger partial charge in [0, 0.05) is 10.4 Å². The standard InChI is InChI=1S/C20H17N3O2S/c1-25-15-10-8-14(9-11-15)19-22-18-7-3-2-6-17(18)20(24)23(19)21-13-16-5-4-12-26-16/h2-12,21H,13H2,1H3. The van der Waals surface area contributed by atoms with Gasteiger partial charge in [0.1, 0.15) is 5.75 Å². The SMILES string of the molecule is COc1ccc(-c2nc3ccccc3c(=O)n2NCc2cccs2)cc1. The lowest BCUT2D eigenvalue weighted by Crippen LogP contribution is -2.31. The number of para-hydroxylation sites is 1. The van der Waals surface area contributed by atoms with Gasteiger partial charge < -0.3 is 10.2 Å². The van der Waals surface area contributed by atoms with E-state index in [9.17, 15) is 4.79 Å². The first-order chi connectivity index (χ1) is 12.8. The van der Waals surface area contributed by atoms with Crippen LogP contribution in [0.4, 0.5) is 0 Å². The molecule has 0 spiro atoms. The number of rotatable bonds is 5. The predicted molar refractivity (Wildman–Crippen MR) is 105 cm³/mol. The van der Waals surface area contributed by atoms with E-state index in [0.29, 0.717) is 23.3 Å². The number of benzene rings is 2. The van der Waals surface area contributed by atoms with E-state index in [1.807, 2.05) is 60.0 Å². The second-order valence-electron chi connectivity index (χ2n) is 5.74. The average molecular weight is 363 g/mol. The summed E-state index contributed by atoms with van der Waals surface area (Å²) in [4.78, 5) is 18.9. The highest BCUT2D eigenvalue weighted by atomic mass is 32.1. The van der Waals surface area contributed by atoms with Crippen LogP contribution < -0.4 is 15.7 Å². The van der Waals surface area contributed by atoms with Gasteiger partial charge in [0.2, 0.25) is 0 Å². The quantitative estimate of drug-likeness (QED) is 0.585. The molecular formula is C20H17N3O2S. The summed E-state index contributed by atoms with van der Waals surface area (Å²) in [7, 11) is 1.63. The molecule has 2 aromatic heterocycles. The smallest absolute Gasteiger partial charge is 0.280 e. The third-order valence-electron chi connectivity index (χ3n) is 4.12. The minimum absolute atomic E-state index is 0.113. The van der Waals surface area contributed by atoms with E-state index < -0.39 is 0 Å². The summed E-state index contributed by atoms with van der Waals surface area (Å²) in [6, 6.07) is 18.9. The largest absolute Gasteiger partial charge is 0.497 e. The van der Waals surface area contributed by atoms with Gasteiger partial charge in [0.15, 0.2) is 5.82 Å². The summed E-state index contributed by atoms with van der Waals surface area (Å²) in [5, 5.41) is 2.60. The molecule has 0 amide bonds. The number of methoxy groups -OCH3 is 1. The molecule has 2 aromatic carbocycles. The molecule has 1 N–H and O–H groups in total. The number of aromatic nitrogens is 2. The molecule has 0 aliphatic rings. The van der Waals surface area contributed by atoms with Crippen LogP contribution in [0, 0.1) is 0 Å². The summed E-state index contributed by atoms with van der Waals surface area (Å²) >= 11 is 1.64. The topological polar surface area (TPSA) is 56.1 Å². The van der Waals surface area contributed by atoms with Gasteiger partial charge in [-0.1, -0.05) is 18.2 Å². The van der Waals surface area contributed by atoms with E-state index in [-0.39, 0.29) is 5.56 Å². The lowest BCUT2D eigenvalue weighted by molar-refractivity contribution is 0.415. The average Bonchev–Trinajstić information content (AvgIpc) is 3.21. The van der Waals surface area contributed by atoms with Gasteiger partial charge in [-0.3, -0.25) is 4.79 Å². The Hall–Kier alpha value is -3.12. The van der Waals surface area contributed by atoms with Crippen molar-refractivity contribution in [3.8, 4) is 17.1 Å². The maximum Gasteiger partial charge on any atom is 0.280 e.